The predicted molar refractivity (Wildman–Crippen MR) is 94.2 cm³/mol. The zero-order valence-corrected chi connectivity index (χ0v) is 13.6. The molecule has 0 spiro atoms. The summed E-state index contributed by atoms with van der Waals surface area (Å²) in [5.41, 5.74) is 3.84. The van der Waals surface area contributed by atoms with Gasteiger partial charge >= 0.3 is 0 Å². The van der Waals surface area contributed by atoms with E-state index in [1.807, 2.05) is 53.3 Å². The van der Waals surface area contributed by atoms with Crippen molar-refractivity contribution in [3.05, 3.63) is 72.1 Å². The molecule has 0 unspecified atom stereocenters. The molecule has 0 saturated carbocycles. The van der Waals surface area contributed by atoms with Crippen molar-refractivity contribution in [3.63, 3.8) is 0 Å². The molecule has 0 aliphatic rings. The minimum Gasteiger partial charge on any atom is -0.322 e. The Kier molecular flexibility index (Phi) is 3.74. The maximum Gasteiger partial charge on any atom is 0.255 e. The van der Waals surface area contributed by atoms with Crippen LogP contribution in [-0.4, -0.2) is 30.7 Å². The molecule has 0 fully saturated rings. The van der Waals surface area contributed by atoms with Gasteiger partial charge in [0.15, 0.2) is 0 Å². The van der Waals surface area contributed by atoms with Gasteiger partial charge in [0.1, 0.15) is 11.0 Å². The number of hydrogen-bond acceptors (Lipinski definition) is 4. The second kappa shape index (κ2) is 6.20. The van der Waals surface area contributed by atoms with Gasteiger partial charge in [-0.3, -0.25) is 9.48 Å². The molecule has 7 nitrogen and oxygen atoms in total. The van der Waals surface area contributed by atoms with Gasteiger partial charge in [-0.05, 0) is 42.0 Å². The van der Waals surface area contributed by atoms with Gasteiger partial charge in [0.25, 0.3) is 5.91 Å². The molecule has 0 saturated heterocycles. The smallest absolute Gasteiger partial charge is 0.255 e. The van der Waals surface area contributed by atoms with Crippen LogP contribution in [0.2, 0.25) is 0 Å². The van der Waals surface area contributed by atoms with Gasteiger partial charge in [-0.25, -0.2) is 0 Å². The van der Waals surface area contributed by atoms with Gasteiger partial charge in [-0.15, -0.1) is 0 Å². The molecule has 4 aromatic rings. The molecule has 124 valence electrons. The van der Waals surface area contributed by atoms with Crippen molar-refractivity contribution in [1.29, 1.82) is 0 Å². The number of carbonyl (C=O) groups is 1. The number of amides is 1. The molecule has 2 heterocycles. The quantitative estimate of drug-likeness (QED) is 0.623. The van der Waals surface area contributed by atoms with Crippen molar-refractivity contribution in [3.8, 4) is 0 Å². The molecule has 1 N–H and O–H groups in total. The van der Waals surface area contributed by atoms with Crippen LogP contribution in [0.25, 0.3) is 11.0 Å². The summed E-state index contributed by atoms with van der Waals surface area (Å²) >= 11 is 0. The fourth-order valence-electron chi connectivity index (χ4n) is 2.70. The molecule has 25 heavy (non-hydrogen) atoms. The van der Waals surface area contributed by atoms with E-state index in [4.69, 9.17) is 0 Å². The fourth-order valence-corrected chi connectivity index (χ4v) is 2.70. The van der Waals surface area contributed by atoms with Gasteiger partial charge < -0.3 is 5.32 Å². The molecule has 1 amide bonds. The monoisotopic (exact) mass is 332 g/mol. The van der Waals surface area contributed by atoms with Crippen molar-refractivity contribution < 1.29 is 4.79 Å². The molecule has 4 rings (SSSR count). The van der Waals surface area contributed by atoms with E-state index in [0.717, 1.165) is 16.6 Å². The van der Waals surface area contributed by atoms with Crippen LogP contribution in [-0.2, 0) is 13.6 Å². The Morgan fingerprint density at radius 2 is 1.96 bits per heavy atom. The van der Waals surface area contributed by atoms with E-state index in [2.05, 4.69) is 20.6 Å². The van der Waals surface area contributed by atoms with E-state index in [1.165, 1.54) is 4.80 Å². The number of anilines is 1. The van der Waals surface area contributed by atoms with E-state index in [0.29, 0.717) is 17.8 Å². The third-order valence-electron chi connectivity index (χ3n) is 3.83. The molecule has 0 aliphatic carbocycles. The lowest BCUT2D eigenvalue weighted by Gasteiger charge is -2.07. The number of benzene rings is 2. The van der Waals surface area contributed by atoms with Crippen molar-refractivity contribution in [2.24, 2.45) is 7.05 Å². The highest BCUT2D eigenvalue weighted by Crippen LogP contribution is 2.17. The van der Waals surface area contributed by atoms with Crippen molar-refractivity contribution >= 4 is 22.6 Å². The first-order valence-electron chi connectivity index (χ1n) is 7.86. The standard InChI is InChI=1S/C18H16N6O/c1-23-21-16-7-6-15(11-17(16)22-23)20-18(25)14-5-2-4-13(10-14)12-24-9-3-8-19-24/h2-11H,12H2,1H3,(H,20,25). The van der Waals surface area contributed by atoms with Gasteiger partial charge in [-0.2, -0.15) is 20.1 Å². The van der Waals surface area contributed by atoms with Crippen molar-refractivity contribution in [2.45, 2.75) is 6.54 Å². The maximum atomic E-state index is 12.5. The predicted octanol–water partition coefficient (Wildman–Crippen LogP) is 2.47. The minimum absolute atomic E-state index is 0.162. The number of fused-ring (bicyclic) bond motifs is 1. The Morgan fingerprint density at radius 3 is 2.80 bits per heavy atom. The van der Waals surface area contributed by atoms with Gasteiger partial charge in [-0.1, -0.05) is 12.1 Å². The molecule has 0 radical (unpaired) electrons. The summed E-state index contributed by atoms with van der Waals surface area (Å²) in [4.78, 5) is 14.0. The number of aryl methyl sites for hydroxylation is 1. The molecular weight excluding hydrogens is 316 g/mol. The van der Waals surface area contributed by atoms with Gasteiger partial charge in [0.05, 0.1) is 6.54 Å². The molecular formula is C18H16N6O. The van der Waals surface area contributed by atoms with Gasteiger partial charge in [0.2, 0.25) is 0 Å². The van der Waals surface area contributed by atoms with Crippen molar-refractivity contribution in [1.82, 2.24) is 24.8 Å². The Morgan fingerprint density at radius 1 is 1.08 bits per heavy atom. The Balaban J connectivity index is 1.53. The van der Waals surface area contributed by atoms with Crippen LogP contribution in [0.5, 0.6) is 0 Å². The number of nitrogens with one attached hydrogen (secondary N) is 1. The summed E-state index contributed by atoms with van der Waals surface area (Å²) in [7, 11) is 1.77. The summed E-state index contributed by atoms with van der Waals surface area (Å²) in [5, 5.41) is 15.6. The van der Waals surface area contributed by atoms with Crippen LogP contribution in [0.1, 0.15) is 15.9 Å². The molecule has 2 aromatic carbocycles. The first kappa shape index (κ1) is 15.1. The second-order valence-corrected chi connectivity index (χ2v) is 5.75. The molecule has 0 aliphatic heterocycles. The van der Waals surface area contributed by atoms with Crippen LogP contribution >= 0.6 is 0 Å². The zero-order chi connectivity index (χ0) is 17.2. The third-order valence-corrected chi connectivity index (χ3v) is 3.83. The summed E-state index contributed by atoms with van der Waals surface area (Å²) in [5.74, 6) is -0.162. The average molecular weight is 332 g/mol. The first-order chi connectivity index (χ1) is 12.2. The molecule has 7 heteroatoms. The lowest BCUT2D eigenvalue weighted by molar-refractivity contribution is 0.102. The number of hydrogen-bond donors (Lipinski definition) is 1. The minimum atomic E-state index is -0.162. The topological polar surface area (TPSA) is 77.6 Å². The third kappa shape index (κ3) is 3.25. The fraction of sp³-hybridized carbons (Fsp3) is 0.111. The highest BCUT2D eigenvalue weighted by molar-refractivity contribution is 6.05. The SMILES string of the molecule is Cn1nc2ccc(NC(=O)c3cccc(Cn4cccn4)c3)cc2n1. The Labute approximate surface area is 143 Å². The van der Waals surface area contributed by atoms with Crippen LogP contribution in [0, 0.1) is 0 Å². The number of rotatable bonds is 4. The Hall–Kier alpha value is -3.48. The molecule has 0 atom stereocenters. The lowest BCUT2D eigenvalue weighted by Crippen LogP contribution is -2.12. The normalized spacial score (nSPS) is 10.9. The van der Waals surface area contributed by atoms with Crippen LogP contribution < -0.4 is 5.32 Å². The van der Waals surface area contributed by atoms with Gasteiger partial charge in [0, 0.05) is 30.7 Å². The maximum absolute atomic E-state index is 12.5. The van der Waals surface area contributed by atoms with Crippen LogP contribution in [0.4, 0.5) is 5.69 Å². The van der Waals surface area contributed by atoms with E-state index >= 15 is 0 Å². The number of aromatic nitrogens is 5. The first-order valence-corrected chi connectivity index (χ1v) is 7.86. The summed E-state index contributed by atoms with van der Waals surface area (Å²) in [6.07, 6.45) is 3.63. The van der Waals surface area contributed by atoms with Crippen LogP contribution in [0.15, 0.2) is 60.9 Å². The van der Waals surface area contributed by atoms with Crippen LogP contribution in [0.3, 0.4) is 0 Å². The summed E-state index contributed by atoms with van der Waals surface area (Å²) in [6.45, 7) is 0.625. The lowest BCUT2D eigenvalue weighted by atomic mass is 10.1. The molecule has 0 bridgehead atoms. The highest BCUT2D eigenvalue weighted by atomic mass is 16.1. The Bertz CT molecular complexity index is 1030. The second-order valence-electron chi connectivity index (χ2n) is 5.75. The summed E-state index contributed by atoms with van der Waals surface area (Å²) in [6, 6.07) is 14.9. The van der Waals surface area contributed by atoms with Crippen molar-refractivity contribution in [2.75, 3.05) is 5.32 Å². The highest BCUT2D eigenvalue weighted by Gasteiger charge is 2.09. The molecule has 2 aromatic heterocycles. The van der Waals surface area contributed by atoms with E-state index in [1.54, 1.807) is 19.3 Å². The average Bonchev–Trinajstić information content (AvgIpc) is 3.23. The zero-order valence-electron chi connectivity index (χ0n) is 13.6. The number of carbonyl (C=O) groups excluding carboxylic acids is 1. The summed E-state index contributed by atoms with van der Waals surface area (Å²) < 4.78 is 1.82. The number of nitrogens with zero attached hydrogens (tertiary/aromatic N) is 5. The largest absolute Gasteiger partial charge is 0.322 e. The van der Waals surface area contributed by atoms with E-state index in [-0.39, 0.29) is 5.91 Å². The van der Waals surface area contributed by atoms with E-state index in [9.17, 15) is 4.79 Å². The van der Waals surface area contributed by atoms with E-state index < -0.39 is 0 Å².